The molecule has 1 aromatic heterocycles. The number of hydrogen-bond donors (Lipinski definition) is 1. The van der Waals surface area contributed by atoms with Crippen LogP contribution < -0.4 is 5.56 Å². The molecule has 0 bridgehead atoms. The molecule has 170 valence electrons. The molecular weight excluding hydrogens is 435 g/mol. The maximum absolute atomic E-state index is 14.0. The highest BCUT2D eigenvalue weighted by molar-refractivity contribution is 6.17. The van der Waals surface area contributed by atoms with Crippen LogP contribution in [0.3, 0.4) is 0 Å². The second-order valence-electron chi connectivity index (χ2n) is 7.04. The van der Waals surface area contributed by atoms with Crippen molar-refractivity contribution in [1.29, 1.82) is 0 Å². The fourth-order valence-electron chi connectivity index (χ4n) is 3.23. The lowest BCUT2D eigenvalue weighted by Gasteiger charge is -2.32. The number of nitrogens with zero attached hydrogens (tertiary/aromatic N) is 3. The molecule has 0 spiro atoms. The van der Waals surface area contributed by atoms with Crippen molar-refractivity contribution in [2.75, 3.05) is 32.1 Å². The highest BCUT2D eigenvalue weighted by atomic mass is 35.5. The Kier molecular flexibility index (Phi) is 9.34. The normalized spacial score (nSPS) is 13.9. The molecule has 1 aliphatic heterocycles. The van der Waals surface area contributed by atoms with E-state index in [1.54, 1.807) is 29.2 Å². The van der Waals surface area contributed by atoms with E-state index in [2.05, 4.69) is 23.4 Å². The van der Waals surface area contributed by atoms with E-state index in [1.807, 2.05) is 6.92 Å². The summed E-state index contributed by atoms with van der Waals surface area (Å²) in [6.07, 6.45) is 2.31. The van der Waals surface area contributed by atoms with E-state index >= 15 is 0 Å². The van der Waals surface area contributed by atoms with Crippen molar-refractivity contribution in [2.45, 2.75) is 13.3 Å². The number of aromatic amines is 1. The van der Waals surface area contributed by atoms with Crippen LogP contribution in [0.25, 0.3) is 10.8 Å². The van der Waals surface area contributed by atoms with Crippen molar-refractivity contribution < 1.29 is 14.0 Å². The zero-order chi connectivity index (χ0) is 23.7. The molecule has 0 aliphatic carbocycles. The Hall–Kier alpha value is -3.26. The van der Waals surface area contributed by atoms with E-state index in [9.17, 15) is 18.8 Å². The van der Waals surface area contributed by atoms with E-state index in [-0.39, 0.29) is 17.6 Å². The van der Waals surface area contributed by atoms with Crippen molar-refractivity contribution in [1.82, 2.24) is 20.0 Å². The third-order valence-corrected chi connectivity index (χ3v) is 4.79. The molecule has 1 fully saturated rings. The maximum Gasteiger partial charge on any atom is 0.272 e. The highest BCUT2D eigenvalue weighted by Crippen LogP contribution is 2.20. The summed E-state index contributed by atoms with van der Waals surface area (Å²) < 4.78 is 14.0. The number of halogens is 2. The second kappa shape index (κ2) is 12.0. The standard InChI is InChI=1S/C21H21FN4O3.C2H5Cl/c1-14(12-19-16-5-3-4-6-17(16)20(28)24-23-19)11-18(15(2)22)21(29)26-9-7-25(13-27)8-10-26;1-2-3/h3-6,11,13H,1-2,7-10,12H2,(H,24,28);2H2,1H3/b18-11+;. The molecule has 2 aromatic rings. The number of aromatic nitrogens is 2. The first-order chi connectivity index (χ1) is 15.3. The lowest BCUT2D eigenvalue weighted by molar-refractivity contribution is -0.131. The van der Waals surface area contributed by atoms with Crippen LogP contribution in [0.2, 0.25) is 0 Å². The van der Waals surface area contributed by atoms with E-state index in [4.69, 9.17) is 11.6 Å². The Morgan fingerprint density at radius 3 is 2.38 bits per heavy atom. The lowest BCUT2D eigenvalue weighted by Crippen LogP contribution is -2.48. The fourth-order valence-corrected chi connectivity index (χ4v) is 3.23. The van der Waals surface area contributed by atoms with Crippen molar-refractivity contribution in [3.05, 3.63) is 76.5 Å². The third kappa shape index (κ3) is 6.37. The van der Waals surface area contributed by atoms with Crippen LogP contribution in [-0.2, 0) is 16.0 Å². The summed E-state index contributed by atoms with van der Waals surface area (Å²) in [5.74, 6) is -0.628. The first-order valence-corrected chi connectivity index (χ1v) is 10.6. The number of nitrogens with one attached hydrogen (secondary N) is 1. The third-order valence-electron chi connectivity index (χ3n) is 4.79. The molecular formula is C23H26ClFN4O3. The average Bonchev–Trinajstić information content (AvgIpc) is 2.79. The summed E-state index contributed by atoms with van der Waals surface area (Å²) in [6, 6.07) is 7.01. The first-order valence-electron chi connectivity index (χ1n) is 10.1. The smallest absolute Gasteiger partial charge is 0.272 e. The Bertz CT molecular complexity index is 1090. The molecule has 1 aromatic carbocycles. The van der Waals surface area contributed by atoms with Gasteiger partial charge < -0.3 is 9.80 Å². The molecule has 1 N–H and O–H groups in total. The van der Waals surface area contributed by atoms with Gasteiger partial charge in [-0.1, -0.05) is 38.3 Å². The molecule has 2 heterocycles. The number of carbonyl (C=O) groups excluding carboxylic acids is 2. The zero-order valence-electron chi connectivity index (χ0n) is 17.9. The van der Waals surface area contributed by atoms with Crippen molar-refractivity contribution in [2.24, 2.45) is 0 Å². The van der Waals surface area contributed by atoms with Crippen molar-refractivity contribution in [3.63, 3.8) is 0 Å². The number of alkyl halides is 1. The molecule has 1 aliphatic rings. The van der Waals surface area contributed by atoms with Gasteiger partial charge in [0.15, 0.2) is 0 Å². The molecule has 9 heteroatoms. The van der Waals surface area contributed by atoms with Crippen LogP contribution in [0.15, 0.2) is 65.3 Å². The van der Waals surface area contributed by atoms with Gasteiger partial charge in [-0.2, -0.15) is 5.10 Å². The van der Waals surface area contributed by atoms with Crippen LogP contribution in [-0.4, -0.2) is 64.4 Å². The molecule has 3 rings (SSSR count). The molecule has 32 heavy (non-hydrogen) atoms. The summed E-state index contributed by atoms with van der Waals surface area (Å²) in [4.78, 5) is 38.5. The first kappa shape index (κ1) is 25.0. The summed E-state index contributed by atoms with van der Waals surface area (Å²) in [6.45, 7) is 10.5. The minimum atomic E-state index is -0.853. The molecule has 2 amide bonds. The minimum Gasteiger partial charge on any atom is -0.342 e. The Labute approximate surface area is 190 Å². The van der Waals surface area contributed by atoms with Gasteiger partial charge >= 0.3 is 0 Å². The van der Waals surface area contributed by atoms with E-state index < -0.39 is 11.7 Å². The molecule has 0 saturated carbocycles. The van der Waals surface area contributed by atoms with E-state index in [0.717, 1.165) is 12.3 Å². The van der Waals surface area contributed by atoms with Gasteiger partial charge in [0.1, 0.15) is 5.83 Å². The molecule has 7 nitrogen and oxygen atoms in total. The predicted octanol–water partition coefficient (Wildman–Crippen LogP) is 2.98. The quantitative estimate of drug-likeness (QED) is 0.311. The van der Waals surface area contributed by atoms with Gasteiger partial charge in [-0.05, 0) is 17.7 Å². The Balaban J connectivity index is 0.00000114. The summed E-state index contributed by atoms with van der Waals surface area (Å²) in [7, 11) is 0. The van der Waals surface area contributed by atoms with Gasteiger partial charge in [0.05, 0.1) is 16.7 Å². The largest absolute Gasteiger partial charge is 0.342 e. The van der Waals surface area contributed by atoms with Gasteiger partial charge in [0, 0.05) is 43.9 Å². The minimum absolute atomic E-state index is 0.178. The molecule has 0 unspecified atom stereocenters. The van der Waals surface area contributed by atoms with Gasteiger partial charge in [-0.25, -0.2) is 9.49 Å². The summed E-state index contributed by atoms with van der Waals surface area (Å²) in [5.41, 5.74) is 0.539. The SMILES string of the molecule is C=C(/C=C(\C(=C)F)C(=O)N1CCN(C=O)CC1)Cc1n[nH]c(=O)c2ccccc12.CCCl. The zero-order valence-corrected chi connectivity index (χ0v) is 18.7. The number of rotatable bonds is 6. The molecule has 0 atom stereocenters. The second-order valence-corrected chi connectivity index (χ2v) is 7.58. The predicted molar refractivity (Wildman–Crippen MR) is 124 cm³/mol. The highest BCUT2D eigenvalue weighted by Gasteiger charge is 2.24. The van der Waals surface area contributed by atoms with Gasteiger partial charge in [-0.3, -0.25) is 14.4 Å². The summed E-state index contributed by atoms with van der Waals surface area (Å²) in [5, 5.41) is 7.68. The Morgan fingerprint density at radius 2 is 1.81 bits per heavy atom. The van der Waals surface area contributed by atoms with Crippen molar-refractivity contribution in [3.8, 4) is 0 Å². The van der Waals surface area contributed by atoms with Crippen molar-refractivity contribution >= 4 is 34.7 Å². The van der Waals surface area contributed by atoms with Crippen LogP contribution in [0, 0.1) is 0 Å². The number of carbonyl (C=O) groups is 2. The monoisotopic (exact) mass is 460 g/mol. The van der Waals surface area contributed by atoms with Gasteiger partial charge in [-0.15, -0.1) is 11.6 Å². The number of amides is 2. The van der Waals surface area contributed by atoms with Crippen LogP contribution >= 0.6 is 11.6 Å². The van der Waals surface area contributed by atoms with Gasteiger partial charge in [0.25, 0.3) is 11.5 Å². The maximum atomic E-state index is 14.0. The lowest BCUT2D eigenvalue weighted by atomic mass is 10.0. The van der Waals surface area contributed by atoms with Crippen LogP contribution in [0.1, 0.15) is 12.6 Å². The number of piperazine rings is 1. The number of fused-ring (bicyclic) bond motifs is 1. The number of allylic oxidation sites excluding steroid dienone is 2. The topological polar surface area (TPSA) is 86.4 Å². The van der Waals surface area contributed by atoms with Crippen LogP contribution in [0.4, 0.5) is 4.39 Å². The number of hydrogen-bond acceptors (Lipinski definition) is 4. The Morgan fingerprint density at radius 1 is 1.22 bits per heavy atom. The molecule has 1 saturated heterocycles. The molecule has 0 radical (unpaired) electrons. The number of benzene rings is 1. The number of H-pyrrole nitrogens is 1. The fraction of sp³-hybridized carbons (Fsp3) is 0.304. The van der Waals surface area contributed by atoms with Crippen LogP contribution in [0.5, 0.6) is 0 Å². The average molecular weight is 461 g/mol. The van der Waals surface area contributed by atoms with E-state index in [1.165, 1.54) is 11.0 Å². The summed E-state index contributed by atoms with van der Waals surface area (Å²) >= 11 is 5.00. The van der Waals surface area contributed by atoms with Gasteiger partial charge in [0.2, 0.25) is 6.41 Å². The van der Waals surface area contributed by atoms with E-state index in [0.29, 0.717) is 48.2 Å².